The Morgan fingerprint density at radius 2 is 1.58 bits per heavy atom. The molecule has 1 N–H and O–H groups in total. The van der Waals surface area contributed by atoms with E-state index in [4.69, 9.17) is 0 Å². The van der Waals surface area contributed by atoms with Gasteiger partial charge in [0, 0.05) is 54.5 Å². The van der Waals surface area contributed by atoms with E-state index >= 15 is 0 Å². The molecule has 2 amide bonds. The lowest BCUT2D eigenvalue weighted by molar-refractivity contribution is -0.383. The molecule has 9 heteroatoms. The van der Waals surface area contributed by atoms with E-state index in [0.717, 1.165) is 0 Å². The largest absolute Gasteiger partial charge is 0.350 e. The lowest BCUT2D eigenvalue weighted by Gasteiger charge is -2.03. The van der Waals surface area contributed by atoms with Gasteiger partial charge < -0.3 is 9.13 Å². The van der Waals surface area contributed by atoms with E-state index in [1.165, 1.54) is 18.2 Å². The monoisotopic (exact) mass is 418 g/mol. The molecular weight excluding hydrogens is 403 g/mol. The topological polar surface area (TPSA) is 99.2 Å². The number of nitrogens with zero attached hydrogens (tertiary/aromatic N) is 3. The van der Waals surface area contributed by atoms with Gasteiger partial charge >= 0.3 is 0 Å². The second kappa shape index (κ2) is 6.36. The van der Waals surface area contributed by atoms with E-state index in [9.17, 15) is 24.1 Å². The zero-order valence-corrected chi connectivity index (χ0v) is 16.5. The molecule has 0 aliphatic carbocycles. The number of para-hydroxylation sites is 1. The van der Waals surface area contributed by atoms with Gasteiger partial charge in [-0.3, -0.25) is 25.0 Å². The Hall–Kier alpha value is -4.27. The van der Waals surface area contributed by atoms with Crippen molar-refractivity contribution in [3.8, 4) is 0 Å². The number of aryl methyl sites for hydroxylation is 2. The summed E-state index contributed by atoms with van der Waals surface area (Å²) in [7, 11) is 3.37. The highest BCUT2D eigenvalue weighted by atomic mass is 19.1. The minimum atomic E-state index is -0.585. The van der Waals surface area contributed by atoms with Crippen molar-refractivity contribution in [1.82, 2.24) is 14.5 Å². The first-order valence-corrected chi connectivity index (χ1v) is 9.35. The maximum absolute atomic E-state index is 13.7. The van der Waals surface area contributed by atoms with Crippen LogP contribution in [-0.4, -0.2) is 25.9 Å². The molecule has 0 radical (unpaired) electrons. The SMILES string of the molecule is Cn1cc(C2=C(c3cn(C)c4c([N+](=O)[O-])cccc34)C(=O)NC2=O)c2ccc(F)cc21. The number of halogens is 1. The molecule has 0 atom stereocenters. The number of nitro groups is 1. The van der Waals surface area contributed by atoms with E-state index < -0.39 is 22.6 Å². The first kappa shape index (κ1) is 18.7. The number of rotatable bonds is 3. The molecule has 2 aromatic heterocycles. The number of nitrogens with one attached hydrogen (secondary N) is 1. The quantitative estimate of drug-likeness (QED) is 0.314. The summed E-state index contributed by atoms with van der Waals surface area (Å²) in [5.74, 6) is -1.57. The van der Waals surface area contributed by atoms with Crippen LogP contribution in [0.5, 0.6) is 0 Å². The standard InChI is InChI=1S/C22H15FN4O4/c1-25-9-14(12-7-6-11(23)8-17(12)25)18-19(22(29)24-21(18)28)15-10-26(2)20-13(15)4-3-5-16(20)27(30)31/h3-10H,1-2H3,(H,24,28,29). The van der Waals surface area contributed by atoms with Crippen molar-refractivity contribution >= 4 is 50.5 Å². The lowest BCUT2D eigenvalue weighted by atomic mass is 9.95. The van der Waals surface area contributed by atoms with Gasteiger partial charge in [-0.2, -0.15) is 0 Å². The van der Waals surface area contributed by atoms with Gasteiger partial charge in [-0.1, -0.05) is 12.1 Å². The fourth-order valence-corrected chi connectivity index (χ4v) is 4.32. The third kappa shape index (κ3) is 2.59. The van der Waals surface area contributed by atoms with Crippen molar-refractivity contribution in [2.24, 2.45) is 14.1 Å². The minimum Gasteiger partial charge on any atom is -0.350 e. The highest BCUT2D eigenvalue weighted by Crippen LogP contribution is 2.40. The van der Waals surface area contributed by atoms with E-state index in [1.807, 2.05) is 0 Å². The average Bonchev–Trinajstić information content (AvgIpc) is 3.32. The molecule has 1 aliphatic rings. The second-order valence-corrected chi connectivity index (χ2v) is 7.43. The number of imide groups is 1. The molecule has 0 saturated heterocycles. The summed E-state index contributed by atoms with van der Waals surface area (Å²) in [6.45, 7) is 0. The Labute approximate surface area is 174 Å². The van der Waals surface area contributed by atoms with Crippen LogP contribution in [0.3, 0.4) is 0 Å². The van der Waals surface area contributed by atoms with Crippen molar-refractivity contribution in [1.29, 1.82) is 0 Å². The number of aromatic nitrogens is 2. The molecule has 0 bridgehead atoms. The third-order valence-corrected chi connectivity index (χ3v) is 5.60. The molecule has 0 fully saturated rings. The molecule has 0 saturated carbocycles. The molecular formula is C22H15FN4O4. The van der Waals surface area contributed by atoms with Crippen molar-refractivity contribution in [3.63, 3.8) is 0 Å². The van der Waals surface area contributed by atoms with E-state index in [1.54, 1.807) is 53.8 Å². The van der Waals surface area contributed by atoms with E-state index in [-0.39, 0.29) is 16.8 Å². The van der Waals surface area contributed by atoms with Crippen molar-refractivity contribution in [2.45, 2.75) is 0 Å². The zero-order chi connectivity index (χ0) is 22.0. The first-order chi connectivity index (χ1) is 14.8. The van der Waals surface area contributed by atoms with Gasteiger partial charge in [0.05, 0.1) is 21.6 Å². The molecule has 5 rings (SSSR count). The maximum Gasteiger partial charge on any atom is 0.293 e. The first-order valence-electron chi connectivity index (χ1n) is 9.35. The highest BCUT2D eigenvalue weighted by molar-refractivity contribution is 6.50. The van der Waals surface area contributed by atoms with Gasteiger partial charge in [-0.15, -0.1) is 0 Å². The minimum absolute atomic E-state index is 0.0984. The summed E-state index contributed by atoms with van der Waals surface area (Å²) in [5.41, 5.74) is 2.01. The van der Waals surface area contributed by atoms with Crippen LogP contribution in [0.1, 0.15) is 11.1 Å². The number of non-ortho nitro benzene ring substituents is 1. The summed E-state index contributed by atoms with van der Waals surface area (Å²) >= 11 is 0. The second-order valence-electron chi connectivity index (χ2n) is 7.43. The Morgan fingerprint density at radius 1 is 0.935 bits per heavy atom. The number of hydrogen-bond donors (Lipinski definition) is 1. The molecule has 0 spiro atoms. The predicted octanol–water partition coefficient (Wildman–Crippen LogP) is 3.28. The van der Waals surface area contributed by atoms with Crippen LogP contribution in [-0.2, 0) is 23.7 Å². The van der Waals surface area contributed by atoms with Gasteiger partial charge in [-0.05, 0) is 18.2 Å². The van der Waals surface area contributed by atoms with Crippen LogP contribution >= 0.6 is 0 Å². The Bertz CT molecular complexity index is 1510. The lowest BCUT2D eigenvalue weighted by Crippen LogP contribution is -2.22. The van der Waals surface area contributed by atoms with Crippen LogP contribution < -0.4 is 5.32 Å². The molecule has 3 heterocycles. The number of hydrogen-bond acceptors (Lipinski definition) is 4. The molecule has 4 aromatic rings. The van der Waals surface area contributed by atoms with Crippen LogP contribution in [0.15, 0.2) is 48.8 Å². The molecule has 31 heavy (non-hydrogen) atoms. The van der Waals surface area contributed by atoms with E-state index in [2.05, 4.69) is 5.32 Å². The molecule has 2 aromatic carbocycles. The van der Waals surface area contributed by atoms with Gasteiger partial charge in [-0.25, -0.2) is 4.39 Å². The fraction of sp³-hybridized carbons (Fsp3) is 0.0909. The molecule has 0 unspecified atom stereocenters. The normalized spacial score (nSPS) is 14.2. The third-order valence-electron chi connectivity index (χ3n) is 5.60. The zero-order valence-electron chi connectivity index (χ0n) is 16.5. The summed E-state index contributed by atoms with van der Waals surface area (Å²) in [5, 5.41) is 14.9. The predicted molar refractivity (Wildman–Crippen MR) is 112 cm³/mol. The Morgan fingerprint density at radius 3 is 2.26 bits per heavy atom. The van der Waals surface area contributed by atoms with Crippen LogP contribution in [0.2, 0.25) is 0 Å². The highest BCUT2D eigenvalue weighted by Gasteiger charge is 2.35. The van der Waals surface area contributed by atoms with Crippen LogP contribution in [0.4, 0.5) is 10.1 Å². The summed E-state index contributed by atoms with van der Waals surface area (Å²) in [6, 6.07) is 8.82. The molecule has 8 nitrogen and oxygen atoms in total. The van der Waals surface area contributed by atoms with E-state index in [0.29, 0.717) is 32.9 Å². The summed E-state index contributed by atoms with van der Waals surface area (Å²) in [6.07, 6.45) is 3.28. The van der Waals surface area contributed by atoms with Gasteiger partial charge in [0.2, 0.25) is 0 Å². The summed E-state index contributed by atoms with van der Waals surface area (Å²) < 4.78 is 17.0. The van der Waals surface area contributed by atoms with Crippen molar-refractivity contribution in [3.05, 3.63) is 75.9 Å². The van der Waals surface area contributed by atoms with Crippen molar-refractivity contribution in [2.75, 3.05) is 0 Å². The number of carbonyl (C=O) groups is 2. The molecule has 1 aliphatic heterocycles. The maximum atomic E-state index is 13.7. The van der Waals surface area contributed by atoms with Crippen molar-refractivity contribution < 1.29 is 18.9 Å². The van der Waals surface area contributed by atoms with Gasteiger partial charge in [0.25, 0.3) is 17.5 Å². The smallest absolute Gasteiger partial charge is 0.293 e. The van der Waals surface area contributed by atoms with Gasteiger partial charge in [0.15, 0.2) is 0 Å². The molecule has 154 valence electrons. The summed E-state index contributed by atoms with van der Waals surface area (Å²) in [4.78, 5) is 36.7. The number of fused-ring (bicyclic) bond motifs is 2. The fourth-order valence-electron chi connectivity index (χ4n) is 4.32. The Kier molecular flexibility index (Phi) is 3.85. The number of benzene rings is 2. The van der Waals surface area contributed by atoms with Gasteiger partial charge in [0.1, 0.15) is 11.3 Å². The average molecular weight is 418 g/mol. The number of amides is 2. The number of nitro benzene ring substituents is 1. The van der Waals surface area contributed by atoms with Crippen LogP contribution in [0, 0.1) is 15.9 Å². The Balaban J connectivity index is 1.87. The van der Waals surface area contributed by atoms with Crippen LogP contribution in [0.25, 0.3) is 33.0 Å². The number of carbonyl (C=O) groups excluding carboxylic acids is 2.